The highest BCUT2D eigenvalue weighted by Crippen LogP contribution is 2.27. The van der Waals surface area contributed by atoms with Crippen LogP contribution in [0.5, 0.6) is 11.5 Å². The predicted molar refractivity (Wildman–Crippen MR) is 100 cm³/mol. The van der Waals surface area contributed by atoms with E-state index < -0.39 is 0 Å². The molecular weight excluding hydrogens is 333 g/mol. The van der Waals surface area contributed by atoms with Crippen molar-refractivity contribution in [2.75, 3.05) is 13.2 Å². The average Bonchev–Trinajstić information content (AvgIpc) is 2.60. The van der Waals surface area contributed by atoms with Gasteiger partial charge in [0.15, 0.2) is 0 Å². The van der Waals surface area contributed by atoms with E-state index in [2.05, 4.69) is 6.92 Å². The van der Waals surface area contributed by atoms with Crippen molar-refractivity contribution in [1.29, 1.82) is 0 Å². The molecule has 140 valence electrons. The van der Waals surface area contributed by atoms with E-state index in [0.29, 0.717) is 43.9 Å². The van der Waals surface area contributed by atoms with Gasteiger partial charge in [-0.2, -0.15) is 0 Å². The molecule has 2 aromatic carbocycles. The van der Waals surface area contributed by atoms with Gasteiger partial charge < -0.3 is 15.2 Å². The highest BCUT2D eigenvalue weighted by molar-refractivity contribution is 5.69. The number of esters is 1. The number of carbonyl (C=O) groups excluding carboxylic acids is 1. The van der Waals surface area contributed by atoms with E-state index in [-0.39, 0.29) is 11.8 Å². The van der Waals surface area contributed by atoms with Crippen LogP contribution in [0.1, 0.15) is 37.0 Å². The van der Waals surface area contributed by atoms with Gasteiger partial charge in [0, 0.05) is 12.5 Å². The largest absolute Gasteiger partial charge is 0.466 e. The van der Waals surface area contributed by atoms with Crippen LogP contribution in [0.4, 0.5) is 4.39 Å². The van der Waals surface area contributed by atoms with E-state index in [0.717, 1.165) is 23.1 Å². The van der Waals surface area contributed by atoms with Crippen molar-refractivity contribution in [2.24, 2.45) is 5.73 Å². The third kappa shape index (κ3) is 5.85. The summed E-state index contributed by atoms with van der Waals surface area (Å²) in [6, 6.07) is 10.4. The third-order valence-corrected chi connectivity index (χ3v) is 4.06. The molecule has 0 spiro atoms. The number of nitrogens with two attached hydrogens (primary N) is 1. The number of hydrogen-bond donors (Lipinski definition) is 1. The Morgan fingerprint density at radius 2 is 1.85 bits per heavy atom. The Morgan fingerprint density at radius 1 is 1.04 bits per heavy atom. The van der Waals surface area contributed by atoms with Crippen LogP contribution in [0.25, 0.3) is 0 Å². The Bertz CT molecular complexity index is 746. The fourth-order valence-electron chi connectivity index (χ4n) is 2.84. The van der Waals surface area contributed by atoms with E-state index in [1.165, 1.54) is 12.1 Å². The molecule has 0 heterocycles. The summed E-state index contributed by atoms with van der Waals surface area (Å²) in [5.41, 5.74) is 8.55. The molecule has 0 unspecified atom stereocenters. The first-order chi connectivity index (χ1) is 12.5. The smallest absolute Gasteiger partial charge is 0.306 e. The third-order valence-electron chi connectivity index (χ3n) is 4.06. The molecule has 5 heteroatoms. The van der Waals surface area contributed by atoms with Crippen LogP contribution in [-0.4, -0.2) is 19.1 Å². The van der Waals surface area contributed by atoms with Crippen molar-refractivity contribution in [3.63, 3.8) is 0 Å². The molecule has 0 aliphatic rings. The average molecular weight is 359 g/mol. The second kappa shape index (κ2) is 9.92. The molecule has 0 amide bonds. The first-order valence-corrected chi connectivity index (χ1v) is 9.00. The molecule has 0 aromatic heterocycles. The summed E-state index contributed by atoms with van der Waals surface area (Å²) in [7, 11) is 0. The molecule has 2 rings (SSSR count). The lowest BCUT2D eigenvalue weighted by atomic mass is 10.0. The van der Waals surface area contributed by atoms with Gasteiger partial charge in [0.25, 0.3) is 0 Å². The van der Waals surface area contributed by atoms with Crippen molar-refractivity contribution in [1.82, 2.24) is 0 Å². The molecule has 2 aromatic rings. The van der Waals surface area contributed by atoms with Gasteiger partial charge in [0.05, 0.1) is 6.61 Å². The van der Waals surface area contributed by atoms with Crippen LogP contribution >= 0.6 is 0 Å². The molecule has 0 aliphatic heterocycles. The van der Waals surface area contributed by atoms with E-state index in [1.807, 2.05) is 18.2 Å². The minimum atomic E-state index is -0.340. The van der Waals surface area contributed by atoms with Crippen molar-refractivity contribution in [2.45, 2.75) is 39.5 Å². The standard InChI is InChI=1S/C21H26FNO3/c1-3-16-13-19(7-5-17(16)6-8-21(24)25-4-2)26-20-12-15(9-10-23)11-18(22)14-20/h5,7,11-14H,3-4,6,8-10,23H2,1-2H3. The van der Waals surface area contributed by atoms with Crippen LogP contribution in [0.15, 0.2) is 36.4 Å². The Balaban J connectivity index is 2.12. The number of ether oxygens (including phenoxy) is 2. The molecule has 0 saturated carbocycles. The topological polar surface area (TPSA) is 61.5 Å². The SMILES string of the molecule is CCOC(=O)CCc1ccc(Oc2cc(F)cc(CCN)c2)cc1CC. The second-order valence-corrected chi connectivity index (χ2v) is 6.03. The minimum absolute atomic E-state index is 0.193. The maximum absolute atomic E-state index is 13.7. The second-order valence-electron chi connectivity index (χ2n) is 6.03. The lowest BCUT2D eigenvalue weighted by Gasteiger charge is -2.12. The summed E-state index contributed by atoms with van der Waals surface area (Å²) in [6.45, 7) is 4.70. The van der Waals surface area contributed by atoms with Crippen LogP contribution < -0.4 is 10.5 Å². The monoisotopic (exact) mass is 359 g/mol. The van der Waals surface area contributed by atoms with Crippen molar-refractivity contribution < 1.29 is 18.7 Å². The molecular formula is C21H26FNO3. The highest BCUT2D eigenvalue weighted by atomic mass is 19.1. The fourth-order valence-corrected chi connectivity index (χ4v) is 2.84. The zero-order valence-electron chi connectivity index (χ0n) is 15.4. The Kier molecular flexibility index (Phi) is 7.60. The summed E-state index contributed by atoms with van der Waals surface area (Å²) in [4.78, 5) is 11.5. The van der Waals surface area contributed by atoms with Gasteiger partial charge in [-0.1, -0.05) is 13.0 Å². The van der Waals surface area contributed by atoms with Crippen LogP contribution in [0, 0.1) is 5.82 Å². The molecule has 0 radical (unpaired) electrons. The maximum Gasteiger partial charge on any atom is 0.306 e. The number of aryl methyl sites for hydroxylation is 2. The van der Waals surface area contributed by atoms with Crippen LogP contribution in [0.2, 0.25) is 0 Å². The number of benzene rings is 2. The molecule has 0 atom stereocenters. The molecule has 26 heavy (non-hydrogen) atoms. The predicted octanol–water partition coefficient (Wildman–Crippen LogP) is 4.18. The zero-order valence-corrected chi connectivity index (χ0v) is 15.4. The fraction of sp³-hybridized carbons (Fsp3) is 0.381. The van der Waals surface area contributed by atoms with Gasteiger partial charge in [-0.25, -0.2) is 4.39 Å². The lowest BCUT2D eigenvalue weighted by molar-refractivity contribution is -0.143. The van der Waals surface area contributed by atoms with Crippen molar-refractivity contribution in [3.8, 4) is 11.5 Å². The molecule has 0 bridgehead atoms. The van der Waals surface area contributed by atoms with E-state index in [1.54, 1.807) is 13.0 Å². The number of carbonyl (C=O) groups is 1. The van der Waals surface area contributed by atoms with Gasteiger partial charge in [-0.3, -0.25) is 4.79 Å². The highest BCUT2D eigenvalue weighted by Gasteiger charge is 2.09. The Morgan fingerprint density at radius 3 is 2.54 bits per heavy atom. The zero-order chi connectivity index (χ0) is 18.9. The summed E-state index contributed by atoms with van der Waals surface area (Å²) in [5, 5.41) is 0. The van der Waals surface area contributed by atoms with Gasteiger partial charge >= 0.3 is 5.97 Å². The molecule has 2 N–H and O–H groups in total. The molecule has 0 saturated heterocycles. The van der Waals surface area contributed by atoms with Crippen molar-refractivity contribution in [3.05, 3.63) is 58.9 Å². The summed E-state index contributed by atoms with van der Waals surface area (Å²) in [5.74, 6) is 0.565. The maximum atomic E-state index is 13.7. The van der Waals surface area contributed by atoms with Gasteiger partial charge in [0.1, 0.15) is 17.3 Å². The Labute approximate surface area is 154 Å². The number of hydrogen-bond acceptors (Lipinski definition) is 4. The van der Waals surface area contributed by atoms with Crippen LogP contribution in [0.3, 0.4) is 0 Å². The summed E-state index contributed by atoms with van der Waals surface area (Å²) < 4.78 is 24.5. The summed E-state index contributed by atoms with van der Waals surface area (Å²) >= 11 is 0. The van der Waals surface area contributed by atoms with Crippen LogP contribution in [-0.2, 0) is 28.8 Å². The van der Waals surface area contributed by atoms with E-state index in [4.69, 9.17) is 15.2 Å². The molecule has 4 nitrogen and oxygen atoms in total. The van der Waals surface area contributed by atoms with E-state index >= 15 is 0 Å². The Hall–Kier alpha value is -2.40. The minimum Gasteiger partial charge on any atom is -0.466 e. The van der Waals surface area contributed by atoms with Crippen molar-refractivity contribution >= 4 is 5.97 Å². The van der Waals surface area contributed by atoms with Gasteiger partial charge in [0.2, 0.25) is 0 Å². The van der Waals surface area contributed by atoms with Gasteiger partial charge in [-0.05, 0) is 73.7 Å². The first kappa shape index (κ1) is 19.9. The number of halogens is 1. The normalized spacial score (nSPS) is 10.6. The quantitative estimate of drug-likeness (QED) is 0.683. The van der Waals surface area contributed by atoms with Gasteiger partial charge in [-0.15, -0.1) is 0 Å². The molecule has 0 fully saturated rings. The lowest BCUT2D eigenvalue weighted by Crippen LogP contribution is -2.06. The summed E-state index contributed by atoms with van der Waals surface area (Å²) in [6.07, 6.45) is 2.40. The number of rotatable bonds is 9. The first-order valence-electron chi connectivity index (χ1n) is 9.00. The molecule has 0 aliphatic carbocycles. The van der Waals surface area contributed by atoms with E-state index in [9.17, 15) is 9.18 Å².